The summed E-state index contributed by atoms with van der Waals surface area (Å²) in [7, 11) is -3.38. The van der Waals surface area contributed by atoms with E-state index in [2.05, 4.69) is 11.6 Å². The summed E-state index contributed by atoms with van der Waals surface area (Å²) >= 11 is 0. The number of nitriles is 1. The molecule has 5 heteroatoms. The van der Waals surface area contributed by atoms with Crippen LogP contribution >= 0.6 is 0 Å². The highest BCUT2D eigenvalue weighted by molar-refractivity contribution is 7.89. The van der Waals surface area contributed by atoms with Crippen molar-refractivity contribution in [3.8, 4) is 6.07 Å². The molecule has 1 N–H and O–H groups in total. The fraction of sp³-hybridized carbons (Fsp3) is 0.889. The van der Waals surface area contributed by atoms with Gasteiger partial charge in [0.15, 0.2) is 5.75 Å². The van der Waals surface area contributed by atoms with Crippen LogP contribution in [-0.2, 0) is 10.0 Å². The van der Waals surface area contributed by atoms with E-state index in [1.165, 1.54) is 0 Å². The van der Waals surface area contributed by atoms with Crippen molar-refractivity contribution < 1.29 is 8.42 Å². The van der Waals surface area contributed by atoms with E-state index in [0.29, 0.717) is 0 Å². The Hall–Kier alpha value is -0.600. The average molecular weight is 218 g/mol. The highest BCUT2D eigenvalue weighted by atomic mass is 32.2. The van der Waals surface area contributed by atoms with Crippen molar-refractivity contribution in [3.05, 3.63) is 0 Å². The number of rotatable bonds is 7. The van der Waals surface area contributed by atoms with E-state index in [1.54, 1.807) is 6.07 Å². The molecular formula is C9H18N2O2S. The fourth-order valence-electron chi connectivity index (χ4n) is 1.19. The van der Waals surface area contributed by atoms with Gasteiger partial charge in [0.2, 0.25) is 10.0 Å². The first kappa shape index (κ1) is 13.4. The van der Waals surface area contributed by atoms with Crippen molar-refractivity contribution in [1.29, 1.82) is 5.26 Å². The van der Waals surface area contributed by atoms with Crippen LogP contribution in [0.4, 0.5) is 0 Å². The van der Waals surface area contributed by atoms with E-state index in [-0.39, 0.29) is 6.04 Å². The Morgan fingerprint density at radius 2 is 2.07 bits per heavy atom. The van der Waals surface area contributed by atoms with Gasteiger partial charge < -0.3 is 0 Å². The summed E-state index contributed by atoms with van der Waals surface area (Å²) in [6.45, 7) is 3.93. The van der Waals surface area contributed by atoms with Crippen LogP contribution < -0.4 is 4.72 Å². The van der Waals surface area contributed by atoms with Crippen LogP contribution in [0.2, 0.25) is 0 Å². The summed E-state index contributed by atoms with van der Waals surface area (Å²) in [6, 6.07) is 1.56. The predicted molar refractivity (Wildman–Crippen MR) is 56.1 cm³/mol. The van der Waals surface area contributed by atoms with Gasteiger partial charge in [0, 0.05) is 6.04 Å². The molecule has 0 bridgehead atoms. The predicted octanol–water partition coefficient (Wildman–Crippen LogP) is 1.40. The zero-order valence-corrected chi connectivity index (χ0v) is 9.60. The second kappa shape index (κ2) is 6.80. The first-order chi connectivity index (χ1) is 6.52. The Kier molecular flexibility index (Phi) is 6.50. The maximum Gasteiger partial charge on any atom is 0.225 e. The highest BCUT2D eigenvalue weighted by Crippen LogP contribution is 2.03. The summed E-state index contributed by atoms with van der Waals surface area (Å²) < 4.78 is 24.7. The van der Waals surface area contributed by atoms with Gasteiger partial charge in [-0.3, -0.25) is 0 Å². The van der Waals surface area contributed by atoms with Crippen LogP contribution in [0.25, 0.3) is 0 Å². The smallest absolute Gasteiger partial charge is 0.212 e. The molecule has 0 amide bonds. The third-order valence-corrected chi connectivity index (χ3v) is 3.15. The molecule has 0 spiro atoms. The van der Waals surface area contributed by atoms with Gasteiger partial charge in [-0.05, 0) is 13.3 Å². The monoisotopic (exact) mass is 218 g/mol. The van der Waals surface area contributed by atoms with E-state index in [0.717, 1.165) is 25.7 Å². The van der Waals surface area contributed by atoms with E-state index in [1.807, 2.05) is 6.92 Å². The molecule has 0 aliphatic heterocycles. The van der Waals surface area contributed by atoms with E-state index >= 15 is 0 Å². The minimum atomic E-state index is -3.38. The molecule has 0 rings (SSSR count). The summed E-state index contributed by atoms with van der Waals surface area (Å²) in [5.74, 6) is -0.453. The number of hydrogen-bond acceptors (Lipinski definition) is 3. The molecule has 1 atom stereocenters. The van der Waals surface area contributed by atoms with Gasteiger partial charge in [-0.2, -0.15) is 5.26 Å². The number of hydrogen-bond donors (Lipinski definition) is 1. The van der Waals surface area contributed by atoms with Crippen molar-refractivity contribution in [2.75, 3.05) is 5.75 Å². The number of sulfonamides is 1. The lowest BCUT2D eigenvalue weighted by Gasteiger charge is -2.11. The first-order valence-corrected chi connectivity index (χ1v) is 6.54. The lowest BCUT2D eigenvalue weighted by molar-refractivity contribution is 0.529. The Morgan fingerprint density at radius 1 is 1.43 bits per heavy atom. The molecular weight excluding hydrogens is 200 g/mol. The SMILES string of the molecule is CCCCCC(C)NS(=O)(=O)CC#N. The molecule has 0 fully saturated rings. The zero-order chi connectivity index (χ0) is 11.0. The van der Waals surface area contributed by atoms with Crippen LogP contribution in [0.15, 0.2) is 0 Å². The lowest BCUT2D eigenvalue weighted by Crippen LogP contribution is -2.33. The molecule has 0 saturated carbocycles. The van der Waals surface area contributed by atoms with Gasteiger partial charge in [0.1, 0.15) is 0 Å². The van der Waals surface area contributed by atoms with Crippen LogP contribution in [0.5, 0.6) is 0 Å². The summed E-state index contributed by atoms with van der Waals surface area (Å²) in [5.41, 5.74) is 0. The normalized spacial score (nSPS) is 13.5. The van der Waals surface area contributed by atoms with Crippen LogP contribution in [0, 0.1) is 11.3 Å². The van der Waals surface area contributed by atoms with Crippen LogP contribution in [0.1, 0.15) is 39.5 Å². The lowest BCUT2D eigenvalue weighted by atomic mass is 10.1. The van der Waals surface area contributed by atoms with Gasteiger partial charge in [0.05, 0.1) is 6.07 Å². The van der Waals surface area contributed by atoms with Crippen molar-refractivity contribution in [3.63, 3.8) is 0 Å². The molecule has 14 heavy (non-hydrogen) atoms. The first-order valence-electron chi connectivity index (χ1n) is 4.88. The van der Waals surface area contributed by atoms with Crippen molar-refractivity contribution >= 4 is 10.0 Å². The van der Waals surface area contributed by atoms with Gasteiger partial charge in [-0.1, -0.05) is 26.2 Å². The highest BCUT2D eigenvalue weighted by Gasteiger charge is 2.12. The Labute approximate surface area is 86.4 Å². The Morgan fingerprint density at radius 3 is 2.57 bits per heavy atom. The Bertz CT molecular complexity index is 280. The second-order valence-corrected chi connectivity index (χ2v) is 5.19. The fourth-order valence-corrected chi connectivity index (χ4v) is 2.18. The molecule has 0 aliphatic rings. The minimum absolute atomic E-state index is 0.0695. The van der Waals surface area contributed by atoms with Gasteiger partial charge in [0.25, 0.3) is 0 Å². The minimum Gasteiger partial charge on any atom is -0.212 e. The molecule has 0 heterocycles. The van der Waals surface area contributed by atoms with Gasteiger partial charge >= 0.3 is 0 Å². The molecule has 0 aromatic carbocycles. The molecule has 82 valence electrons. The van der Waals surface area contributed by atoms with Gasteiger partial charge in [-0.15, -0.1) is 0 Å². The summed E-state index contributed by atoms with van der Waals surface area (Å²) in [5, 5.41) is 8.26. The van der Waals surface area contributed by atoms with Crippen LogP contribution in [0.3, 0.4) is 0 Å². The largest absolute Gasteiger partial charge is 0.225 e. The standard InChI is InChI=1S/C9H18N2O2S/c1-3-4-5-6-9(2)11-14(12,13)8-7-10/h9,11H,3-6,8H2,1-2H3. The number of nitrogens with zero attached hydrogens (tertiary/aromatic N) is 1. The van der Waals surface area contributed by atoms with Crippen LogP contribution in [-0.4, -0.2) is 20.2 Å². The van der Waals surface area contributed by atoms with Crippen molar-refractivity contribution in [2.24, 2.45) is 0 Å². The molecule has 0 aliphatic carbocycles. The molecule has 0 radical (unpaired) electrons. The van der Waals surface area contributed by atoms with E-state index < -0.39 is 15.8 Å². The Balaban J connectivity index is 3.83. The molecule has 4 nitrogen and oxygen atoms in total. The van der Waals surface area contributed by atoms with Crippen molar-refractivity contribution in [1.82, 2.24) is 4.72 Å². The molecule has 0 aromatic rings. The number of nitrogens with one attached hydrogen (secondary N) is 1. The number of unbranched alkanes of at least 4 members (excludes halogenated alkanes) is 2. The summed E-state index contributed by atoms with van der Waals surface area (Å²) in [4.78, 5) is 0. The zero-order valence-electron chi connectivity index (χ0n) is 8.78. The molecule has 1 unspecified atom stereocenters. The third-order valence-electron chi connectivity index (χ3n) is 1.88. The second-order valence-electron chi connectivity index (χ2n) is 3.43. The van der Waals surface area contributed by atoms with Gasteiger partial charge in [-0.25, -0.2) is 13.1 Å². The average Bonchev–Trinajstić information content (AvgIpc) is 2.03. The topological polar surface area (TPSA) is 70.0 Å². The maximum absolute atomic E-state index is 11.1. The molecule has 0 aromatic heterocycles. The third kappa shape index (κ3) is 6.87. The van der Waals surface area contributed by atoms with E-state index in [9.17, 15) is 8.42 Å². The van der Waals surface area contributed by atoms with E-state index in [4.69, 9.17) is 5.26 Å². The quantitative estimate of drug-likeness (QED) is 0.657. The maximum atomic E-state index is 11.1. The summed E-state index contributed by atoms with van der Waals surface area (Å²) in [6.07, 6.45) is 4.09. The molecule has 0 saturated heterocycles. The van der Waals surface area contributed by atoms with Crippen molar-refractivity contribution in [2.45, 2.75) is 45.6 Å².